The quantitative estimate of drug-likeness (QED) is 0.446. The molecule has 38 heavy (non-hydrogen) atoms. The molecule has 0 unspecified atom stereocenters. The first-order chi connectivity index (χ1) is 18.5. The lowest BCUT2D eigenvalue weighted by molar-refractivity contribution is -0.0391. The fourth-order valence-corrected chi connectivity index (χ4v) is 4.86. The van der Waals surface area contributed by atoms with Crippen molar-refractivity contribution < 1.29 is 19.0 Å². The summed E-state index contributed by atoms with van der Waals surface area (Å²) in [5.74, 6) is 2.36. The van der Waals surface area contributed by atoms with Crippen LogP contribution in [-0.4, -0.2) is 55.0 Å². The fraction of sp³-hybridized carbons (Fsp3) is 0.414. The molecule has 1 aromatic heterocycles. The van der Waals surface area contributed by atoms with Crippen LogP contribution in [0.5, 0.6) is 5.75 Å². The largest absolute Gasteiger partial charge is 0.493 e. The summed E-state index contributed by atoms with van der Waals surface area (Å²) in [5.41, 5.74) is 2.89. The average Bonchev–Trinajstić information content (AvgIpc) is 3.26. The average molecular weight is 518 g/mol. The number of urea groups is 1. The number of carbonyl (C=O) groups is 1. The zero-order valence-corrected chi connectivity index (χ0v) is 22.2. The summed E-state index contributed by atoms with van der Waals surface area (Å²) in [4.78, 5) is 24.3. The van der Waals surface area contributed by atoms with Crippen molar-refractivity contribution in [3.05, 3.63) is 65.9 Å². The van der Waals surface area contributed by atoms with Crippen molar-refractivity contribution in [3.8, 4) is 17.1 Å². The van der Waals surface area contributed by atoms with Gasteiger partial charge in [0.1, 0.15) is 17.2 Å². The number of aromatic nitrogens is 2. The maximum atomic E-state index is 11.9. The van der Waals surface area contributed by atoms with Gasteiger partial charge in [0.15, 0.2) is 5.82 Å². The number of morpholine rings is 1. The van der Waals surface area contributed by atoms with Crippen LogP contribution in [0.4, 0.5) is 16.3 Å². The second-order valence-electron chi connectivity index (χ2n) is 9.81. The number of anilines is 2. The smallest absolute Gasteiger partial charge is 0.319 e. The Morgan fingerprint density at radius 2 is 1.95 bits per heavy atom. The lowest BCUT2D eigenvalue weighted by Gasteiger charge is -2.35. The molecule has 200 valence electrons. The molecule has 2 aliphatic heterocycles. The molecule has 0 spiro atoms. The van der Waals surface area contributed by atoms with Gasteiger partial charge in [-0.05, 0) is 57.2 Å². The molecule has 1 saturated heterocycles. The molecule has 9 heteroatoms. The Morgan fingerprint density at radius 3 is 2.68 bits per heavy atom. The van der Waals surface area contributed by atoms with E-state index in [1.54, 1.807) is 0 Å². The highest BCUT2D eigenvalue weighted by Crippen LogP contribution is 2.43. The molecule has 0 bridgehead atoms. The molecule has 3 aromatic rings. The normalized spacial score (nSPS) is 20.6. The lowest BCUT2D eigenvalue weighted by Crippen LogP contribution is -2.44. The molecule has 0 radical (unpaired) electrons. The Balaban J connectivity index is 1.45. The SMILES string of the molecule is CCNC(=O)Nc1ccc(-c2nc(N3CCOC[C@@H]3C)c3c(n2)[C@](C)(CCOc2ccccc2)OC3)cc1. The van der Waals surface area contributed by atoms with Crippen LogP contribution in [0.1, 0.15) is 38.4 Å². The summed E-state index contributed by atoms with van der Waals surface area (Å²) in [7, 11) is 0. The van der Waals surface area contributed by atoms with E-state index in [2.05, 4.69) is 29.4 Å². The van der Waals surface area contributed by atoms with E-state index in [1.165, 1.54) is 0 Å². The highest BCUT2D eigenvalue weighted by Gasteiger charge is 2.41. The Labute approximate surface area is 223 Å². The summed E-state index contributed by atoms with van der Waals surface area (Å²) in [6.45, 7) is 9.69. The number of benzene rings is 2. The Morgan fingerprint density at radius 1 is 1.16 bits per heavy atom. The number of nitrogens with one attached hydrogen (secondary N) is 2. The molecular formula is C29H35N5O4. The van der Waals surface area contributed by atoms with Crippen molar-refractivity contribution in [3.63, 3.8) is 0 Å². The number of carbonyl (C=O) groups excluding carboxylic acids is 1. The predicted octanol–water partition coefficient (Wildman–Crippen LogP) is 4.72. The van der Waals surface area contributed by atoms with Gasteiger partial charge in [-0.3, -0.25) is 0 Å². The Bertz CT molecular complexity index is 1250. The van der Waals surface area contributed by atoms with Crippen molar-refractivity contribution in [1.82, 2.24) is 15.3 Å². The van der Waals surface area contributed by atoms with Crippen LogP contribution in [0.25, 0.3) is 11.4 Å². The number of nitrogens with zero attached hydrogens (tertiary/aromatic N) is 3. The van der Waals surface area contributed by atoms with Gasteiger partial charge in [-0.15, -0.1) is 0 Å². The van der Waals surface area contributed by atoms with Gasteiger partial charge in [0, 0.05) is 36.3 Å². The van der Waals surface area contributed by atoms with Gasteiger partial charge in [0.25, 0.3) is 0 Å². The van der Waals surface area contributed by atoms with Gasteiger partial charge < -0.3 is 29.7 Å². The highest BCUT2D eigenvalue weighted by molar-refractivity contribution is 5.89. The van der Waals surface area contributed by atoms with E-state index in [1.807, 2.05) is 61.5 Å². The summed E-state index contributed by atoms with van der Waals surface area (Å²) in [6, 6.07) is 17.3. The van der Waals surface area contributed by atoms with Crippen LogP contribution < -0.4 is 20.3 Å². The molecule has 0 saturated carbocycles. The molecule has 2 aromatic carbocycles. The highest BCUT2D eigenvalue weighted by atomic mass is 16.5. The van der Waals surface area contributed by atoms with Crippen molar-refractivity contribution in [2.75, 3.05) is 43.1 Å². The van der Waals surface area contributed by atoms with Crippen molar-refractivity contribution in [1.29, 1.82) is 0 Å². The molecule has 3 heterocycles. The topological polar surface area (TPSA) is 97.8 Å². The standard InChI is InChI=1S/C29H35N5O4/c1-4-30-28(35)31-22-12-10-21(11-13-22)26-32-25-24(27(33-26)34-15-17-36-18-20(34)2)19-38-29(25,3)14-16-37-23-8-6-5-7-9-23/h5-13,20H,4,14-19H2,1-3H3,(H2,30,31,35)/t20-,29-/m0/s1. The van der Waals surface area contributed by atoms with Crippen LogP contribution in [0.2, 0.25) is 0 Å². The van der Waals surface area contributed by atoms with Gasteiger partial charge in [0.2, 0.25) is 0 Å². The zero-order chi connectivity index (χ0) is 26.5. The minimum atomic E-state index is -0.605. The minimum absolute atomic E-state index is 0.188. The first-order valence-corrected chi connectivity index (χ1v) is 13.2. The van der Waals surface area contributed by atoms with Crippen LogP contribution in [0.3, 0.4) is 0 Å². The molecule has 2 N–H and O–H groups in total. The molecule has 2 amide bonds. The van der Waals surface area contributed by atoms with E-state index < -0.39 is 5.60 Å². The summed E-state index contributed by atoms with van der Waals surface area (Å²) in [6.07, 6.45) is 0.652. The molecule has 5 rings (SSSR count). The zero-order valence-electron chi connectivity index (χ0n) is 22.2. The van der Waals surface area contributed by atoms with Crippen LogP contribution in [-0.2, 0) is 21.7 Å². The lowest BCUT2D eigenvalue weighted by atomic mass is 9.96. The van der Waals surface area contributed by atoms with Gasteiger partial charge >= 0.3 is 6.03 Å². The first kappa shape index (κ1) is 25.9. The van der Waals surface area contributed by atoms with E-state index in [0.717, 1.165) is 34.9 Å². The minimum Gasteiger partial charge on any atom is -0.493 e. The molecule has 0 aliphatic carbocycles. The molecular weight excluding hydrogens is 482 g/mol. The predicted molar refractivity (Wildman–Crippen MR) is 146 cm³/mol. The van der Waals surface area contributed by atoms with Crippen LogP contribution in [0, 0.1) is 0 Å². The Hall–Kier alpha value is -3.69. The summed E-state index contributed by atoms with van der Waals surface area (Å²) < 4.78 is 18.1. The van der Waals surface area contributed by atoms with E-state index in [0.29, 0.717) is 50.9 Å². The third kappa shape index (κ3) is 5.58. The number of rotatable bonds is 8. The maximum Gasteiger partial charge on any atom is 0.319 e. The van der Waals surface area contributed by atoms with Crippen LogP contribution >= 0.6 is 0 Å². The van der Waals surface area contributed by atoms with Crippen molar-refractivity contribution in [2.24, 2.45) is 0 Å². The van der Waals surface area contributed by atoms with E-state index in [9.17, 15) is 4.79 Å². The number of hydrogen-bond acceptors (Lipinski definition) is 7. The third-order valence-corrected chi connectivity index (χ3v) is 6.99. The van der Waals surface area contributed by atoms with Gasteiger partial charge in [-0.1, -0.05) is 18.2 Å². The number of hydrogen-bond donors (Lipinski definition) is 2. The van der Waals surface area contributed by atoms with Crippen molar-refractivity contribution >= 4 is 17.5 Å². The van der Waals surface area contributed by atoms with E-state index in [-0.39, 0.29) is 12.1 Å². The number of fused-ring (bicyclic) bond motifs is 1. The molecule has 2 atom stereocenters. The maximum absolute atomic E-state index is 11.9. The first-order valence-electron chi connectivity index (χ1n) is 13.2. The van der Waals surface area contributed by atoms with E-state index >= 15 is 0 Å². The number of ether oxygens (including phenoxy) is 3. The fourth-order valence-electron chi connectivity index (χ4n) is 4.86. The second-order valence-corrected chi connectivity index (χ2v) is 9.81. The summed E-state index contributed by atoms with van der Waals surface area (Å²) >= 11 is 0. The molecule has 1 fully saturated rings. The van der Waals surface area contributed by atoms with E-state index in [4.69, 9.17) is 24.2 Å². The van der Waals surface area contributed by atoms with Crippen LogP contribution in [0.15, 0.2) is 54.6 Å². The van der Waals surface area contributed by atoms with Gasteiger partial charge in [0.05, 0.1) is 38.2 Å². The monoisotopic (exact) mass is 517 g/mol. The molecule has 9 nitrogen and oxygen atoms in total. The summed E-state index contributed by atoms with van der Waals surface area (Å²) in [5, 5.41) is 5.57. The van der Waals surface area contributed by atoms with Gasteiger partial charge in [-0.2, -0.15) is 0 Å². The third-order valence-electron chi connectivity index (χ3n) is 6.99. The molecule has 2 aliphatic rings. The van der Waals surface area contributed by atoms with Crippen molar-refractivity contribution in [2.45, 2.75) is 45.4 Å². The van der Waals surface area contributed by atoms with Gasteiger partial charge in [-0.25, -0.2) is 14.8 Å². The second kappa shape index (κ2) is 11.4. The number of amides is 2. The Kier molecular flexibility index (Phi) is 7.76. The number of para-hydroxylation sites is 1.